The molecule has 2 aromatic carbocycles. The fourth-order valence-electron chi connectivity index (χ4n) is 2.55. The lowest BCUT2D eigenvalue weighted by Gasteiger charge is -2.11. The topological polar surface area (TPSA) is 93.5 Å². The number of methoxy groups -OCH3 is 1. The predicted molar refractivity (Wildman–Crippen MR) is 107 cm³/mol. The second-order valence-corrected chi connectivity index (χ2v) is 9.74. The van der Waals surface area contributed by atoms with Gasteiger partial charge >= 0.3 is 6.09 Å². The first-order chi connectivity index (χ1) is 12.9. The van der Waals surface area contributed by atoms with Gasteiger partial charge in [0.2, 0.25) is 5.95 Å². The Labute approximate surface area is 161 Å². The van der Waals surface area contributed by atoms with E-state index in [1.54, 1.807) is 16.3 Å². The van der Waals surface area contributed by atoms with Crippen molar-refractivity contribution < 1.29 is 19.0 Å². The fourth-order valence-corrected chi connectivity index (χ4v) is 3.99. The number of nitrogens with zero attached hydrogens (tertiary/aromatic N) is 2. The molecule has 0 fully saturated rings. The number of aromatic nitrogens is 2. The van der Waals surface area contributed by atoms with E-state index < -0.39 is 13.5 Å². The highest BCUT2D eigenvalue weighted by Gasteiger charge is 2.17. The van der Waals surface area contributed by atoms with Gasteiger partial charge in [0.1, 0.15) is 0 Å². The van der Waals surface area contributed by atoms with Crippen LogP contribution >= 0.6 is 19.1 Å². The summed E-state index contributed by atoms with van der Waals surface area (Å²) in [6.45, 7) is 1.57. The van der Waals surface area contributed by atoms with E-state index in [4.69, 9.17) is 0 Å². The summed E-state index contributed by atoms with van der Waals surface area (Å²) in [6, 6.07) is 15.8. The Morgan fingerprint density at radius 3 is 2.67 bits per heavy atom. The van der Waals surface area contributed by atoms with Crippen molar-refractivity contribution in [3.05, 3.63) is 48.5 Å². The summed E-state index contributed by atoms with van der Waals surface area (Å²) in [6.07, 6.45) is -0.566. The van der Waals surface area contributed by atoms with Crippen molar-refractivity contribution in [2.24, 2.45) is 0 Å². The molecule has 3 aromatic rings. The first-order valence-electron chi connectivity index (χ1n) is 8.23. The molecule has 1 atom stereocenters. The molecule has 27 heavy (non-hydrogen) atoms. The number of anilines is 1. The maximum atomic E-state index is 11.7. The van der Waals surface area contributed by atoms with E-state index in [1.165, 1.54) is 13.8 Å². The maximum Gasteiger partial charge on any atom is 0.413 e. The van der Waals surface area contributed by atoms with Crippen LogP contribution in [0.1, 0.15) is 0 Å². The van der Waals surface area contributed by atoms with Crippen LogP contribution in [0.5, 0.6) is 0 Å². The van der Waals surface area contributed by atoms with Crippen molar-refractivity contribution in [3.8, 4) is 0 Å². The van der Waals surface area contributed by atoms with Crippen LogP contribution in [0, 0.1) is 0 Å². The van der Waals surface area contributed by atoms with Gasteiger partial charge < -0.3 is 14.2 Å². The summed E-state index contributed by atoms with van der Waals surface area (Å²) in [4.78, 5) is 27.8. The molecular formula is C18H20N3O4PS. The molecule has 7 nitrogen and oxygen atoms in total. The summed E-state index contributed by atoms with van der Waals surface area (Å²) >= 11 is 1.61. The largest absolute Gasteiger partial charge is 0.453 e. The number of benzene rings is 2. The van der Waals surface area contributed by atoms with Gasteiger partial charge in [-0.25, -0.2) is 9.78 Å². The molecule has 1 unspecified atom stereocenters. The highest BCUT2D eigenvalue weighted by molar-refractivity contribution is 7.99. The smallest absolute Gasteiger partial charge is 0.413 e. The van der Waals surface area contributed by atoms with E-state index in [2.05, 4.69) is 15.0 Å². The highest BCUT2D eigenvalue weighted by atomic mass is 32.2. The number of carbonyl (C=O) groups excluding carboxylic acids is 1. The van der Waals surface area contributed by atoms with Crippen LogP contribution in [-0.2, 0) is 15.8 Å². The molecule has 3 rings (SSSR count). The third kappa shape index (κ3) is 5.13. The Hall–Kier alpha value is -2.28. The van der Waals surface area contributed by atoms with Gasteiger partial charge in [-0.05, 0) is 30.3 Å². The Kier molecular flexibility index (Phi) is 5.89. The molecule has 0 aliphatic heterocycles. The number of carbonyl (C=O) groups is 1. The molecule has 142 valence electrons. The van der Waals surface area contributed by atoms with Crippen LogP contribution in [0.2, 0.25) is 0 Å². The van der Waals surface area contributed by atoms with Crippen LogP contribution in [0.25, 0.3) is 11.0 Å². The molecule has 2 N–H and O–H groups in total. The van der Waals surface area contributed by atoms with E-state index >= 15 is 0 Å². The van der Waals surface area contributed by atoms with Crippen LogP contribution in [0.15, 0.2) is 58.3 Å². The molecule has 1 heterocycles. The molecule has 1 aromatic heterocycles. The van der Waals surface area contributed by atoms with Gasteiger partial charge in [0.05, 0.1) is 18.1 Å². The van der Waals surface area contributed by atoms with Gasteiger partial charge in [-0.3, -0.25) is 9.88 Å². The van der Waals surface area contributed by atoms with Gasteiger partial charge in [-0.15, -0.1) is 0 Å². The minimum absolute atomic E-state index is 0.0782. The number of fused-ring (bicyclic) bond motifs is 1. The third-order valence-corrected chi connectivity index (χ3v) is 5.86. The first kappa shape index (κ1) is 19.5. The number of rotatable bonds is 6. The molecule has 0 spiro atoms. The normalized spacial score (nSPS) is 13.3. The lowest BCUT2D eigenvalue weighted by atomic mass is 10.3. The zero-order chi connectivity index (χ0) is 19.4. The number of amides is 1. The Morgan fingerprint density at radius 1 is 1.26 bits per heavy atom. The summed E-state index contributed by atoms with van der Waals surface area (Å²) in [7, 11) is -1.93. The van der Waals surface area contributed by atoms with Crippen molar-refractivity contribution in [2.75, 3.05) is 25.3 Å². The predicted octanol–water partition coefficient (Wildman–Crippen LogP) is 4.27. The Balaban J connectivity index is 1.95. The maximum absolute atomic E-state index is 11.7. The van der Waals surface area contributed by atoms with Crippen LogP contribution in [-0.4, -0.2) is 40.5 Å². The molecule has 0 aliphatic carbocycles. The average Bonchev–Trinajstić information content (AvgIpc) is 2.96. The molecule has 0 radical (unpaired) electrons. The lowest BCUT2D eigenvalue weighted by Crippen LogP contribution is -2.16. The zero-order valence-electron chi connectivity index (χ0n) is 15.0. The van der Waals surface area contributed by atoms with Crippen molar-refractivity contribution in [1.82, 2.24) is 9.55 Å². The number of ether oxygens (including phenoxy) is 1. The standard InChI is InChI=1S/C18H20N3O4PS/c1-25-18(22)20-17-19-15-12-14(27-13-6-4-3-5-7-13)8-9-16(15)21(17)10-11-26(2,23)24/h3-9,12H,10-11H2,1-2H3,(H,23,24)(H,19,20,22). The van der Waals surface area contributed by atoms with Gasteiger partial charge in [-0.2, -0.15) is 0 Å². The number of aryl methyl sites for hydroxylation is 1. The molecule has 0 saturated carbocycles. The van der Waals surface area contributed by atoms with E-state index in [0.717, 1.165) is 15.3 Å². The number of hydrogen-bond acceptors (Lipinski definition) is 5. The van der Waals surface area contributed by atoms with E-state index in [-0.39, 0.29) is 18.7 Å². The molecular weight excluding hydrogens is 385 g/mol. The third-order valence-electron chi connectivity index (χ3n) is 3.84. The minimum Gasteiger partial charge on any atom is -0.453 e. The van der Waals surface area contributed by atoms with Crippen LogP contribution in [0.4, 0.5) is 10.7 Å². The van der Waals surface area contributed by atoms with E-state index in [9.17, 15) is 14.3 Å². The minimum atomic E-state index is -3.20. The second-order valence-electron chi connectivity index (χ2n) is 6.04. The molecule has 1 amide bonds. The SMILES string of the molecule is COC(=O)Nc1nc2cc(Sc3ccccc3)ccc2n1CCP(C)(=O)O. The monoisotopic (exact) mass is 405 g/mol. The Morgan fingerprint density at radius 2 is 2.00 bits per heavy atom. The van der Waals surface area contributed by atoms with E-state index in [1.807, 2.05) is 48.5 Å². The molecule has 9 heteroatoms. The molecule has 0 saturated heterocycles. The van der Waals surface area contributed by atoms with Crippen LogP contribution in [0.3, 0.4) is 0 Å². The molecule has 0 aliphatic rings. The summed E-state index contributed by atoms with van der Waals surface area (Å²) in [5.74, 6) is 0.284. The Bertz CT molecular complexity index is 1000. The summed E-state index contributed by atoms with van der Waals surface area (Å²) in [5.41, 5.74) is 1.46. The van der Waals surface area contributed by atoms with Crippen molar-refractivity contribution in [1.29, 1.82) is 0 Å². The van der Waals surface area contributed by atoms with Gasteiger partial charge in [0.15, 0.2) is 7.37 Å². The first-order valence-corrected chi connectivity index (χ1v) is 11.3. The van der Waals surface area contributed by atoms with Crippen molar-refractivity contribution >= 4 is 42.2 Å². The summed E-state index contributed by atoms with van der Waals surface area (Å²) in [5, 5.41) is 2.57. The van der Waals surface area contributed by atoms with Gasteiger partial charge in [-0.1, -0.05) is 30.0 Å². The quantitative estimate of drug-likeness (QED) is 0.595. The second kappa shape index (κ2) is 8.17. The van der Waals surface area contributed by atoms with Crippen molar-refractivity contribution in [2.45, 2.75) is 16.3 Å². The van der Waals surface area contributed by atoms with Gasteiger partial charge in [0.25, 0.3) is 0 Å². The van der Waals surface area contributed by atoms with E-state index in [0.29, 0.717) is 5.52 Å². The lowest BCUT2D eigenvalue weighted by molar-refractivity contribution is 0.186. The van der Waals surface area contributed by atoms with Gasteiger partial charge in [0, 0.05) is 29.2 Å². The number of nitrogens with one attached hydrogen (secondary N) is 1. The number of hydrogen-bond donors (Lipinski definition) is 2. The van der Waals surface area contributed by atoms with Crippen molar-refractivity contribution in [3.63, 3.8) is 0 Å². The summed E-state index contributed by atoms with van der Waals surface area (Å²) < 4.78 is 18.1. The average molecular weight is 405 g/mol. The highest BCUT2D eigenvalue weighted by Crippen LogP contribution is 2.36. The zero-order valence-corrected chi connectivity index (χ0v) is 16.7. The van der Waals surface area contributed by atoms with Crippen LogP contribution < -0.4 is 5.32 Å². The number of imidazole rings is 1. The molecule has 0 bridgehead atoms. The fraction of sp³-hybridized carbons (Fsp3) is 0.222.